The molecule has 0 spiro atoms. The average molecular weight is 399 g/mol. The fourth-order valence-corrected chi connectivity index (χ4v) is 3.40. The first kappa shape index (κ1) is 19.8. The van der Waals surface area contributed by atoms with E-state index >= 15 is 0 Å². The Balaban J connectivity index is 1.76. The summed E-state index contributed by atoms with van der Waals surface area (Å²) in [6, 6.07) is 13.3. The van der Waals surface area contributed by atoms with Crippen LogP contribution in [0.1, 0.15) is 34.7 Å². The Morgan fingerprint density at radius 1 is 1.07 bits per heavy atom. The Morgan fingerprint density at radius 3 is 2.18 bits per heavy atom. The van der Waals surface area contributed by atoms with Crippen molar-refractivity contribution in [3.05, 3.63) is 65.5 Å². The molecule has 1 atom stereocenters. The molecule has 1 aromatic heterocycles. The van der Waals surface area contributed by atoms with Gasteiger partial charge in [0.1, 0.15) is 0 Å². The molecule has 1 heterocycles. The van der Waals surface area contributed by atoms with E-state index in [9.17, 15) is 13.2 Å². The number of aromatic nitrogens is 2. The summed E-state index contributed by atoms with van der Waals surface area (Å²) in [5.41, 5.74) is 2.12. The number of hydrogen-bond donors (Lipinski definition) is 0. The Bertz CT molecular complexity index is 1090. The zero-order valence-electron chi connectivity index (χ0n) is 16.1. The van der Waals surface area contributed by atoms with Crippen LogP contribution in [-0.2, 0) is 9.84 Å². The van der Waals surface area contributed by atoms with Crippen LogP contribution < -0.4 is 0 Å². The number of rotatable bonds is 5. The molecule has 0 aliphatic heterocycles. The molecule has 3 rings (SSSR count). The lowest BCUT2D eigenvalue weighted by Gasteiger charge is -2.25. The van der Waals surface area contributed by atoms with Crippen molar-refractivity contribution in [3.8, 4) is 11.5 Å². The number of amides is 1. The average Bonchev–Trinajstić information content (AvgIpc) is 3.12. The summed E-state index contributed by atoms with van der Waals surface area (Å²) in [6.07, 6.45) is 1.17. The second-order valence-electron chi connectivity index (χ2n) is 6.66. The van der Waals surface area contributed by atoms with Crippen LogP contribution in [0, 0.1) is 6.92 Å². The van der Waals surface area contributed by atoms with Crippen molar-refractivity contribution in [2.75, 3.05) is 13.3 Å². The fraction of sp³-hybridized carbons (Fsp3) is 0.250. The van der Waals surface area contributed by atoms with Gasteiger partial charge in [-0.3, -0.25) is 4.79 Å². The molecule has 1 amide bonds. The highest BCUT2D eigenvalue weighted by Crippen LogP contribution is 2.24. The van der Waals surface area contributed by atoms with Crippen molar-refractivity contribution < 1.29 is 17.7 Å². The van der Waals surface area contributed by atoms with E-state index in [2.05, 4.69) is 10.1 Å². The largest absolute Gasteiger partial charge is 0.335 e. The maximum absolute atomic E-state index is 12.8. The number of aryl methyl sites for hydroxylation is 1. The lowest BCUT2D eigenvalue weighted by atomic mass is 10.1. The van der Waals surface area contributed by atoms with Gasteiger partial charge in [0.15, 0.2) is 15.7 Å². The molecule has 7 nitrogen and oxygen atoms in total. The van der Waals surface area contributed by atoms with E-state index in [4.69, 9.17) is 4.52 Å². The Kier molecular flexibility index (Phi) is 5.33. The monoisotopic (exact) mass is 399 g/mol. The molecule has 146 valence electrons. The third-order valence-corrected chi connectivity index (χ3v) is 5.73. The van der Waals surface area contributed by atoms with Crippen molar-refractivity contribution in [1.82, 2.24) is 15.0 Å². The third-order valence-electron chi connectivity index (χ3n) is 4.60. The van der Waals surface area contributed by atoms with E-state index in [0.29, 0.717) is 17.3 Å². The molecule has 0 radical (unpaired) electrons. The molecule has 0 bridgehead atoms. The topological polar surface area (TPSA) is 93.4 Å². The number of sulfone groups is 1. The molecule has 0 N–H and O–H groups in total. The van der Waals surface area contributed by atoms with Crippen molar-refractivity contribution in [3.63, 3.8) is 0 Å². The predicted molar refractivity (Wildman–Crippen MR) is 105 cm³/mol. The molecule has 0 aliphatic rings. The van der Waals surface area contributed by atoms with E-state index in [1.165, 1.54) is 6.26 Å². The summed E-state index contributed by atoms with van der Waals surface area (Å²) >= 11 is 0. The van der Waals surface area contributed by atoms with Gasteiger partial charge in [0.2, 0.25) is 0 Å². The first-order valence-electron chi connectivity index (χ1n) is 8.65. The Hall–Kier alpha value is -3.00. The highest BCUT2D eigenvalue weighted by molar-refractivity contribution is 7.90. The summed E-state index contributed by atoms with van der Waals surface area (Å²) in [7, 11) is -1.53. The Morgan fingerprint density at radius 2 is 1.68 bits per heavy atom. The van der Waals surface area contributed by atoms with Crippen LogP contribution >= 0.6 is 0 Å². The first-order chi connectivity index (χ1) is 13.2. The van der Waals surface area contributed by atoms with Gasteiger partial charge in [-0.15, -0.1) is 0 Å². The summed E-state index contributed by atoms with van der Waals surface area (Å²) in [6.45, 7) is 3.63. The first-order valence-corrected chi connectivity index (χ1v) is 10.5. The number of carbonyl (C=O) groups is 1. The van der Waals surface area contributed by atoms with E-state index in [1.54, 1.807) is 67.4 Å². The minimum atomic E-state index is -3.25. The predicted octanol–water partition coefficient (Wildman–Crippen LogP) is 3.28. The zero-order valence-corrected chi connectivity index (χ0v) is 16.9. The Labute approximate surface area is 163 Å². The molecule has 8 heteroatoms. The van der Waals surface area contributed by atoms with Gasteiger partial charge < -0.3 is 9.42 Å². The molecule has 1 unspecified atom stereocenters. The van der Waals surface area contributed by atoms with Crippen molar-refractivity contribution in [2.24, 2.45) is 0 Å². The van der Waals surface area contributed by atoms with Gasteiger partial charge in [0.25, 0.3) is 11.8 Å². The van der Waals surface area contributed by atoms with Crippen LogP contribution in [0.15, 0.2) is 57.9 Å². The van der Waals surface area contributed by atoms with Gasteiger partial charge >= 0.3 is 0 Å². The van der Waals surface area contributed by atoms with Gasteiger partial charge in [-0.1, -0.05) is 17.3 Å². The molecular formula is C20H21N3O4S. The third kappa shape index (κ3) is 4.12. The quantitative estimate of drug-likeness (QED) is 0.654. The van der Waals surface area contributed by atoms with Gasteiger partial charge in [0.05, 0.1) is 10.9 Å². The number of carbonyl (C=O) groups excluding carboxylic acids is 1. The number of benzene rings is 2. The van der Waals surface area contributed by atoms with Gasteiger partial charge in [-0.2, -0.15) is 4.98 Å². The molecule has 3 aromatic rings. The minimum absolute atomic E-state index is 0.145. The van der Waals surface area contributed by atoms with E-state index in [1.807, 2.05) is 6.92 Å². The molecule has 28 heavy (non-hydrogen) atoms. The minimum Gasteiger partial charge on any atom is -0.335 e. The molecule has 0 fully saturated rings. The normalized spacial score (nSPS) is 12.6. The second-order valence-corrected chi connectivity index (χ2v) is 8.67. The lowest BCUT2D eigenvalue weighted by molar-refractivity contribution is 0.0742. The number of hydrogen-bond acceptors (Lipinski definition) is 6. The van der Waals surface area contributed by atoms with E-state index < -0.39 is 9.84 Å². The summed E-state index contributed by atoms with van der Waals surface area (Å²) in [5, 5.41) is 3.76. The van der Waals surface area contributed by atoms with Crippen LogP contribution in [0.2, 0.25) is 0 Å². The maximum atomic E-state index is 12.8. The summed E-state index contributed by atoms with van der Waals surface area (Å²) < 4.78 is 28.3. The van der Waals surface area contributed by atoms with E-state index in [-0.39, 0.29) is 16.8 Å². The number of nitrogens with zero attached hydrogens (tertiary/aromatic N) is 3. The van der Waals surface area contributed by atoms with Crippen molar-refractivity contribution in [2.45, 2.75) is 24.8 Å². The van der Waals surface area contributed by atoms with E-state index in [0.717, 1.165) is 11.1 Å². The van der Waals surface area contributed by atoms with Crippen LogP contribution in [0.25, 0.3) is 11.5 Å². The SMILES string of the molecule is Cc1noc(-c2ccc(C(=O)N(C)C(C)c3ccc(S(C)(=O)=O)cc3)cc2)n1. The van der Waals surface area contributed by atoms with Crippen LogP contribution in [0.4, 0.5) is 0 Å². The summed E-state index contributed by atoms with van der Waals surface area (Å²) in [4.78, 5) is 18.8. The zero-order chi connectivity index (χ0) is 20.5. The van der Waals surface area contributed by atoms with Gasteiger partial charge in [0, 0.05) is 24.4 Å². The second kappa shape index (κ2) is 7.55. The van der Waals surface area contributed by atoms with Gasteiger partial charge in [-0.05, 0) is 55.8 Å². The van der Waals surface area contributed by atoms with Crippen LogP contribution in [-0.4, -0.2) is 42.7 Å². The molecule has 2 aromatic carbocycles. The van der Waals surface area contributed by atoms with Crippen LogP contribution in [0.5, 0.6) is 0 Å². The van der Waals surface area contributed by atoms with Gasteiger partial charge in [-0.25, -0.2) is 8.42 Å². The smallest absolute Gasteiger partial charge is 0.257 e. The lowest BCUT2D eigenvalue weighted by Crippen LogP contribution is -2.29. The molecular weight excluding hydrogens is 378 g/mol. The van der Waals surface area contributed by atoms with Crippen molar-refractivity contribution in [1.29, 1.82) is 0 Å². The molecule has 0 saturated carbocycles. The molecule has 0 saturated heterocycles. The van der Waals surface area contributed by atoms with Crippen molar-refractivity contribution >= 4 is 15.7 Å². The summed E-state index contributed by atoms with van der Waals surface area (Å²) in [5.74, 6) is 0.808. The fourth-order valence-electron chi connectivity index (χ4n) is 2.77. The highest BCUT2D eigenvalue weighted by atomic mass is 32.2. The standard InChI is InChI=1S/C20H21N3O4S/c1-13(15-9-11-18(12-10-15)28(4,25)26)23(3)20(24)17-7-5-16(6-8-17)19-21-14(2)22-27-19/h5-13H,1-4H3. The highest BCUT2D eigenvalue weighted by Gasteiger charge is 2.20. The van der Waals surface area contributed by atoms with Crippen LogP contribution in [0.3, 0.4) is 0 Å². The molecule has 0 aliphatic carbocycles. The maximum Gasteiger partial charge on any atom is 0.257 e.